The summed E-state index contributed by atoms with van der Waals surface area (Å²) in [6.07, 6.45) is 8.56. The van der Waals surface area contributed by atoms with E-state index in [9.17, 15) is 0 Å². The van der Waals surface area contributed by atoms with Crippen molar-refractivity contribution < 1.29 is 0 Å². The zero-order valence-corrected chi connectivity index (χ0v) is 10.4. The zero-order chi connectivity index (χ0) is 10.8. The molecule has 1 rings (SSSR count). The van der Waals surface area contributed by atoms with Crippen molar-refractivity contribution in [2.75, 3.05) is 0 Å². The van der Waals surface area contributed by atoms with Crippen molar-refractivity contribution in [3.05, 3.63) is 23.3 Å². The molecule has 0 saturated carbocycles. The van der Waals surface area contributed by atoms with Gasteiger partial charge in [0.15, 0.2) is 0 Å². The summed E-state index contributed by atoms with van der Waals surface area (Å²) in [5.74, 6) is 0.674. The van der Waals surface area contributed by atoms with Crippen LogP contribution in [0.3, 0.4) is 0 Å². The van der Waals surface area contributed by atoms with E-state index in [-0.39, 0.29) is 0 Å². The zero-order valence-electron chi connectivity index (χ0n) is 10.4. The van der Waals surface area contributed by atoms with E-state index in [0.717, 1.165) is 0 Å². The monoisotopic (exact) mass is 192 g/mol. The lowest BCUT2D eigenvalue weighted by Crippen LogP contribution is -2.17. The van der Waals surface area contributed by atoms with Crippen LogP contribution in [0.2, 0.25) is 0 Å². The normalized spacial score (nSPS) is 24.1. The Kier molecular flexibility index (Phi) is 3.58. The molecule has 0 amide bonds. The fraction of sp³-hybridized carbons (Fsp3) is 0.714. The van der Waals surface area contributed by atoms with E-state index in [1.165, 1.54) is 19.3 Å². The molecule has 0 aromatic rings. The Labute approximate surface area is 89.1 Å². The van der Waals surface area contributed by atoms with Crippen LogP contribution in [-0.4, -0.2) is 0 Å². The highest BCUT2D eigenvalue weighted by Gasteiger charge is 2.24. The van der Waals surface area contributed by atoms with E-state index >= 15 is 0 Å². The summed E-state index contributed by atoms with van der Waals surface area (Å²) < 4.78 is 0. The fourth-order valence-corrected chi connectivity index (χ4v) is 2.36. The largest absolute Gasteiger partial charge is 0.0787 e. The Morgan fingerprint density at radius 3 is 2.50 bits per heavy atom. The second-order valence-electron chi connectivity index (χ2n) is 5.66. The molecule has 0 saturated heterocycles. The van der Waals surface area contributed by atoms with E-state index in [2.05, 4.69) is 46.8 Å². The molecule has 0 unspecified atom stereocenters. The summed E-state index contributed by atoms with van der Waals surface area (Å²) in [5, 5.41) is 0. The third-order valence-electron chi connectivity index (χ3n) is 2.78. The highest BCUT2D eigenvalue weighted by molar-refractivity contribution is 5.29. The van der Waals surface area contributed by atoms with Crippen LogP contribution in [0.1, 0.15) is 53.9 Å². The molecule has 0 aromatic carbocycles. The van der Waals surface area contributed by atoms with Crippen LogP contribution in [0.5, 0.6) is 0 Å². The molecule has 0 N–H and O–H groups in total. The van der Waals surface area contributed by atoms with Gasteiger partial charge in [0.2, 0.25) is 0 Å². The van der Waals surface area contributed by atoms with Crippen LogP contribution in [0.4, 0.5) is 0 Å². The number of allylic oxidation sites excluding steroid dienone is 4. The van der Waals surface area contributed by atoms with Crippen LogP contribution in [0.25, 0.3) is 0 Å². The van der Waals surface area contributed by atoms with Crippen molar-refractivity contribution in [3.8, 4) is 0 Å². The summed E-state index contributed by atoms with van der Waals surface area (Å²) >= 11 is 0. The number of hydrogen-bond acceptors (Lipinski definition) is 0. The van der Waals surface area contributed by atoms with Gasteiger partial charge in [0.25, 0.3) is 0 Å². The van der Waals surface area contributed by atoms with Crippen molar-refractivity contribution in [1.82, 2.24) is 0 Å². The van der Waals surface area contributed by atoms with Gasteiger partial charge in [-0.1, -0.05) is 57.9 Å². The average molecular weight is 192 g/mol. The van der Waals surface area contributed by atoms with E-state index < -0.39 is 0 Å². The SMILES string of the molecule is CCC1=C/C(=C/C(C)C)CC(C)(C)C1. The Bertz CT molecular complexity index is 251. The Morgan fingerprint density at radius 2 is 2.00 bits per heavy atom. The molecular formula is C14H24. The topological polar surface area (TPSA) is 0 Å². The molecule has 80 valence electrons. The molecule has 0 aromatic heterocycles. The van der Waals surface area contributed by atoms with Crippen molar-refractivity contribution in [3.63, 3.8) is 0 Å². The first kappa shape index (κ1) is 11.6. The van der Waals surface area contributed by atoms with Crippen molar-refractivity contribution in [2.24, 2.45) is 11.3 Å². The smallest absolute Gasteiger partial charge is 0.0227 e. The predicted molar refractivity (Wildman–Crippen MR) is 64.3 cm³/mol. The Hall–Kier alpha value is -0.520. The fourth-order valence-electron chi connectivity index (χ4n) is 2.36. The molecule has 0 radical (unpaired) electrons. The quantitative estimate of drug-likeness (QED) is 0.593. The average Bonchev–Trinajstić information content (AvgIpc) is 1.99. The molecule has 0 heteroatoms. The van der Waals surface area contributed by atoms with Crippen molar-refractivity contribution in [1.29, 1.82) is 0 Å². The molecular weight excluding hydrogens is 168 g/mol. The predicted octanol–water partition coefficient (Wildman–Crippen LogP) is 4.73. The molecule has 0 heterocycles. The highest BCUT2D eigenvalue weighted by Crippen LogP contribution is 2.39. The molecule has 14 heavy (non-hydrogen) atoms. The third kappa shape index (κ3) is 3.32. The second kappa shape index (κ2) is 4.33. The van der Waals surface area contributed by atoms with E-state index in [0.29, 0.717) is 11.3 Å². The molecule has 1 aliphatic rings. The molecule has 0 atom stereocenters. The molecule has 0 bridgehead atoms. The van der Waals surface area contributed by atoms with Crippen LogP contribution < -0.4 is 0 Å². The molecule has 0 nitrogen and oxygen atoms in total. The van der Waals surface area contributed by atoms with Crippen LogP contribution in [-0.2, 0) is 0 Å². The van der Waals surface area contributed by atoms with Crippen LogP contribution in [0.15, 0.2) is 23.3 Å². The standard InChI is InChI=1S/C14H24/c1-6-12-8-13(7-11(2)3)10-14(4,5)9-12/h7-8,11H,6,9-10H2,1-5H3/b13-7-. The molecule has 0 spiro atoms. The van der Waals surface area contributed by atoms with Gasteiger partial charge < -0.3 is 0 Å². The molecule has 0 aliphatic heterocycles. The van der Waals surface area contributed by atoms with Crippen molar-refractivity contribution in [2.45, 2.75) is 53.9 Å². The minimum Gasteiger partial charge on any atom is -0.0787 e. The number of rotatable bonds is 2. The summed E-state index contributed by atoms with van der Waals surface area (Å²) in [7, 11) is 0. The van der Waals surface area contributed by atoms with E-state index in [1.807, 2.05) is 0 Å². The van der Waals surface area contributed by atoms with Gasteiger partial charge in [-0.25, -0.2) is 0 Å². The van der Waals surface area contributed by atoms with Gasteiger partial charge in [-0.3, -0.25) is 0 Å². The molecule has 1 aliphatic carbocycles. The van der Waals surface area contributed by atoms with E-state index in [4.69, 9.17) is 0 Å². The maximum absolute atomic E-state index is 2.42. The van der Waals surface area contributed by atoms with Gasteiger partial charge in [0.1, 0.15) is 0 Å². The maximum atomic E-state index is 2.42. The first-order valence-corrected chi connectivity index (χ1v) is 5.83. The van der Waals surface area contributed by atoms with Gasteiger partial charge in [0, 0.05) is 0 Å². The van der Waals surface area contributed by atoms with Gasteiger partial charge in [0.05, 0.1) is 0 Å². The Morgan fingerprint density at radius 1 is 1.36 bits per heavy atom. The Balaban J connectivity index is 2.88. The third-order valence-corrected chi connectivity index (χ3v) is 2.78. The van der Waals surface area contributed by atoms with Gasteiger partial charge >= 0.3 is 0 Å². The second-order valence-corrected chi connectivity index (χ2v) is 5.66. The van der Waals surface area contributed by atoms with E-state index in [1.54, 1.807) is 11.1 Å². The van der Waals surface area contributed by atoms with Gasteiger partial charge in [-0.2, -0.15) is 0 Å². The van der Waals surface area contributed by atoms with Crippen LogP contribution >= 0.6 is 0 Å². The maximum Gasteiger partial charge on any atom is -0.0227 e. The summed E-state index contributed by atoms with van der Waals surface area (Å²) in [6.45, 7) is 11.5. The minimum absolute atomic E-state index is 0.473. The first-order valence-electron chi connectivity index (χ1n) is 5.83. The number of hydrogen-bond donors (Lipinski definition) is 0. The summed E-state index contributed by atoms with van der Waals surface area (Å²) in [6, 6.07) is 0. The summed E-state index contributed by atoms with van der Waals surface area (Å²) in [5.41, 5.74) is 3.64. The van der Waals surface area contributed by atoms with Crippen molar-refractivity contribution >= 4 is 0 Å². The minimum atomic E-state index is 0.473. The van der Waals surface area contributed by atoms with Crippen LogP contribution in [0, 0.1) is 11.3 Å². The van der Waals surface area contributed by atoms with Gasteiger partial charge in [-0.05, 0) is 30.6 Å². The van der Waals surface area contributed by atoms with Gasteiger partial charge in [-0.15, -0.1) is 0 Å². The molecule has 0 fully saturated rings. The lowest BCUT2D eigenvalue weighted by Gasteiger charge is -2.31. The first-order chi connectivity index (χ1) is 6.43. The summed E-state index contributed by atoms with van der Waals surface area (Å²) in [4.78, 5) is 0. The lowest BCUT2D eigenvalue weighted by molar-refractivity contribution is 0.347. The highest BCUT2D eigenvalue weighted by atomic mass is 14.3. The lowest BCUT2D eigenvalue weighted by atomic mass is 9.74.